The molecular formula is C48H81N13O13S2. The maximum Gasteiger partial charge on any atom is 0.326 e. The van der Waals surface area contributed by atoms with Crippen LogP contribution in [0.25, 0.3) is 0 Å². The van der Waals surface area contributed by atoms with Gasteiger partial charge < -0.3 is 80.8 Å². The maximum absolute atomic E-state index is 14.2. The van der Waals surface area contributed by atoms with Gasteiger partial charge in [-0.2, -0.15) is 23.5 Å². The van der Waals surface area contributed by atoms with Crippen LogP contribution >= 0.6 is 23.5 Å². The van der Waals surface area contributed by atoms with Crippen molar-refractivity contribution in [2.24, 2.45) is 33.8 Å². The van der Waals surface area contributed by atoms with Crippen molar-refractivity contribution in [3.8, 4) is 0 Å². The van der Waals surface area contributed by atoms with Crippen LogP contribution in [0, 0.1) is 5.92 Å². The highest BCUT2D eigenvalue weighted by Gasteiger charge is 2.37. The molecule has 0 bridgehead atoms. The van der Waals surface area contributed by atoms with Crippen molar-refractivity contribution in [1.29, 1.82) is 0 Å². The smallest absolute Gasteiger partial charge is 0.326 e. The predicted molar refractivity (Wildman–Crippen MR) is 289 cm³/mol. The highest BCUT2D eigenvalue weighted by molar-refractivity contribution is 7.98. The van der Waals surface area contributed by atoms with Crippen LogP contribution in [0.5, 0.6) is 0 Å². The largest absolute Gasteiger partial charge is 0.481 e. The lowest BCUT2D eigenvalue weighted by Crippen LogP contribution is -2.62. The molecule has 1 aromatic carbocycles. The molecule has 8 amide bonds. The zero-order valence-corrected chi connectivity index (χ0v) is 45.8. The number of hydrogen-bond acceptors (Lipinski definition) is 16. The first-order valence-corrected chi connectivity index (χ1v) is 27.8. The van der Waals surface area contributed by atoms with E-state index < -0.39 is 132 Å². The third-order valence-electron chi connectivity index (χ3n) is 11.8. The number of nitrogens with two attached hydrogens (primary N) is 4. The molecule has 76 heavy (non-hydrogen) atoms. The number of hydrogen-bond donors (Lipinski definition) is 15. The Hall–Kier alpha value is -6.23. The van der Waals surface area contributed by atoms with E-state index in [9.17, 15) is 63.3 Å². The van der Waals surface area contributed by atoms with Crippen LogP contribution in [0.15, 0.2) is 35.3 Å². The number of unbranched alkanes of at least 4 members (excludes halogenated alkanes) is 1. The minimum absolute atomic E-state index is 0.00926. The van der Waals surface area contributed by atoms with E-state index in [1.807, 2.05) is 0 Å². The van der Waals surface area contributed by atoms with E-state index in [1.165, 1.54) is 37.4 Å². The topological polar surface area (TPSA) is 444 Å². The molecule has 1 aromatic rings. The van der Waals surface area contributed by atoms with Crippen LogP contribution in [0.3, 0.4) is 0 Å². The molecular weight excluding hydrogens is 1030 g/mol. The van der Waals surface area contributed by atoms with Crippen LogP contribution in [-0.2, 0) is 54.4 Å². The predicted octanol–water partition coefficient (Wildman–Crippen LogP) is -2.87. The Bertz CT molecular complexity index is 2090. The lowest BCUT2D eigenvalue weighted by Gasteiger charge is -2.30. The summed E-state index contributed by atoms with van der Waals surface area (Å²) in [4.78, 5) is 137. The van der Waals surface area contributed by atoms with Crippen molar-refractivity contribution >= 4 is 88.7 Å². The number of aliphatic hydroxyl groups excluding tert-OH is 1. The molecule has 0 aliphatic rings. The van der Waals surface area contributed by atoms with Gasteiger partial charge in [-0.15, -0.1) is 0 Å². The number of nitrogens with zero attached hydrogens (tertiary/aromatic N) is 1. The SMILES string of the molecule is CCC(C)C(NC(=O)C(CCCCN)NC(=O)C(CCSC)NC(=O)C(NC(=O)C(CCSC)NC(=O)C(Cc1ccccc1)NC(=O)C(C)N)C(C)O)C(=O)NC(CCCN=C(N)N)C(=O)NC(CC(=O)O)C(=O)O. The number of aliphatic imine (C=N–C) groups is 1. The van der Waals surface area contributed by atoms with Crippen molar-refractivity contribution in [2.75, 3.05) is 37.1 Å². The van der Waals surface area contributed by atoms with Crippen LogP contribution in [-0.4, -0.2) is 178 Å². The second-order valence-electron chi connectivity index (χ2n) is 18.2. The number of carboxylic acid groups (broad SMARTS) is 2. The molecule has 28 heteroatoms. The van der Waals surface area contributed by atoms with Crippen LogP contribution < -0.4 is 65.5 Å². The summed E-state index contributed by atoms with van der Waals surface area (Å²) in [5.41, 5.74) is 23.1. The molecule has 11 atom stereocenters. The van der Waals surface area contributed by atoms with Crippen molar-refractivity contribution in [1.82, 2.24) is 42.5 Å². The van der Waals surface area contributed by atoms with E-state index in [0.717, 1.165) is 0 Å². The summed E-state index contributed by atoms with van der Waals surface area (Å²) in [6.07, 6.45) is 2.24. The quantitative estimate of drug-likeness (QED) is 0.0180. The van der Waals surface area contributed by atoms with E-state index in [2.05, 4.69) is 47.5 Å². The Morgan fingerprint density at radius 1 is 0.579 bits per heavy atom. The number of nitrogens with one attached hydrogen (secondary N) is 8. The van der Waals surface area contributed by atoms with E-state index >= 15 is 0 Å². The molecule has 0 spiro atoms. The Balaban J connectivity index is 3.49. The molecule has 11 unspecified atom stereocenters. The average molecular weight is 1110 g/mol. The number of carbonyl (C=O) groups excluding carboxylic acids is 8. The number of aliphatic carboxylic acids is 2. The monoisotopic (exact) mass is 1110 g/mol. The molecule has 0 radical (unpaired) electrons. The fourth-order valence-corrected chi connectivity index (χ4v) is 8.18. The third-order valence-corrected chi connectivity index (χ3v) is 13.1. The van der Waals surface area contributed by atoms with Crippen molar-refractivity contribution in [3.63, 3.8) is 0 Å². The molecule has 428 valence electrons. The molecule has 0 fully saturated rings. The molecule has 0 aromatic heterocycles. The minimum Gasteiger partial charge on any atom is -0.481 e. The van der Waals surface area contributed by atoms with Gasteiger partial charge in [0.05, 0.1) is 18.6 Å². The highest BCUT2D eigenvalue weighted by Crippen LogP contribution is 2.14. The molecule has 0 saturated heterocycles. The lowest BCUT2D eigenvalue weighted by molar-refractivity contribution is -0.147. The first kappa shape index (κ1) is 67.8. The van der Waals surface area contributed by atoms with E-state index in [1.54, 1.807) is 56.7 Å². The van der Waals surface area contributed by atoms with Crippen LogP contribution in [0.4, 0.5) is 0 Å². The molecule has 19 N–H and O–H groups in total. The van der Waals surface area contributed by atoms with E-state index in [-0.39, 0.29) is 57.6 Å². The fraction of sp³-hybridized carbons (Fsp3) is 0.646. The normalized spacial score (nSPS) is 15.4. The van der Waals surface area contributed by atoms with Gasteiger partial charge >= 0.3 is 11.9 Å². The number of amides is 8. The first-order valence-electron chi connectivity index (χ1n) is 25.0. The molecule has 26 nitrogen and oxygen atoms in total. The molecule has 0 aliphatic heterocycles. The van der Waals surface area contributed by atoms with Gasteiger partial charge in [0.1, 0.15) is 48.3 Å². The second-order valence-corrected chi connectivity index (χ2v) is 20.1. The average Bonchev–Trinajstić information content (AvgIpc) is 3.36. The van der Waals surface area contributed by atoms with Gasteiger partial charge in [-0.05, 0) is 101 Å². The number of aliphatic hydroxyl groups is 1. The minimum atomic E-state index is -1.85. The summed E-state index contributed by atoms with van der Waals surface area (Å²) < 4.78 is 0. The van der Waals surface area contributed by atoms with E-state index in [0.29, 0.717) is 36.3 Å². The van der Waals surface area contributed by atoms with Crippen LogP contribution in [0.1, 0.15) is 91.0 Å². The maximum atomic E-state index is 14.2. The van der Waals surface area contributed by atoms with E-state index in [4.69, 9.17) is 22.9 Å². The zero-order valence-electron chi connectivity index (χ0n) is 44.1. The number of rotatable bonds is 38. The summed E-state index contributed by atoms with van der Waals surface area (Å²) in [7, 11) is 0. The molecule has 0 heterocycles. The van der Waals surface area contributed by atoms with Gasteiger partial charge in [0, 0.05) is 13.0 Å². The summed E-state index contributed by atoms with van der Waals surface area (Å²) in [5, 5.41) is 50.1. The number of benzene rings is 1. The highest BCUT2D eigenvalue weighted by atomic mass is 32.2. The molecule has 0 aliphatic carbocycles. The van der Waals surface area contributed by atoms with Gasteiger partial charge in [0.15, 0.2) is 5.96 Å². The van der Waals surface area contributed by atoms with Gasteiger partial charge in [-0.3, -0.25) is 48.1 Å². The standard InChI is InChI=1S/C48H81N13O13S2/c1-7-26(2)37(45(71)56-31(17-13-21-53-48(51)52)40(66)59-35(47(73)74)25-36(63)64)60-42(68)30(16-11-12-20-49)54-41(67)32(18-22-75-5)57-46(72)38(28(4)62)61-43(69)33(19-23-76-6)55-44(70)34(58-39(65)27(3)50)24-29-14-9-8-10-15-29/h8-10,14-15,26-28,30-35,37-38,62H,7,11-13,16-25,49-50H2,1-6H3,(H,54,67)(H,55,70)(H,56,71)(H,57,72)(H,58,65)(H,59,66)(H,60,68)(H,61,69)(H,63,64)(H,73,74)(H4,51,52,53). The van der Waals surface area contributed by atoms with Gasteiger partial charge in [0.25, 0.3) is 0 Å². The molecule has 1 rings (SSSR count). The summed E-state index contributed by atoms with van der Waals surface area (Å²) in [6.45, 7) is 6.32. The summed E-state index contributed by atoms with van der Waals surface area (Å²) in [5.74, 6) is -9.97. The zero-order chi connectivity index (χ0) is 57.5. The van der Waals surface area contributed by atoms with Crippen molar-refractivity contribution in [2.45, 2.75) is 152 Å². The number of carboxylic acids is 2. The van der Waals surface area contributed by atoms with Gasteiger partial charge in [-0.1, -0.05) is 50.6 Å². The summed E-state index contributed by atoms with van der Waals surface area (Å²) >= 11 is 2.72. The van der Waals surface area contributed by atoms with Crippen LogP contribution in [0.2, 0.25) is 0 Å². The lowest BCUT2D eigenvalue weighted by atomic mass is 9.96. The number of carbonyl (C=O) groups is 10. The second kappa shape index (κ2) is 36.7. The Labute approximate surface area is 452 Å². The Morgan fingerprint density at radius 3 is 1.46 bits per heavy atom. The first-order chi connectivity index (χ1) is 35.9. The summed E-state index contributed by atoms with van der Waals surface area (Å²) in [6, 6.07) is -3.48. The van der Waals surface area contributed by atoms with Gasteiger partial charge in [-0.25, -0.2) is 4.79 Å². The third kappa shape index (κ3) is 26.0. The number of guanidine groups is 1. The Kier molecular flexibility index (Phi) is 32.7. The van der Waals surface area contributed by atoms with Crippen molar-refractivity contribution in [3.05, 3.63) is 35.9 Å². The number of thioether (sulfide) groups is 2. The fourth-order valence-electron chi connectivity index (χ4n) is 7.23. The Morgan fingerprint density at radius 2 is 1.01 bits per heavy atom. The molecule has 0 saturated carbocycles. The van der Waals surface area contributed by atoms with Crippen molar-refractivity contribution < 1.29 is 63.3 Å². The van der Waals surface area contributed by atoms with Gasteiger partial charge in [0.2, 0.25) is 47.3 Å².